The number of carbonyl (C=O) groups is 2. The van der Waals surface area contributed by atoms with Crippen LogP contribution in [0.1, 0.15) is 24.3 Å². The van der Waals surface area contributed by atoms with Crippen LogP contribution in [0.4, 0.5) is 0 Å². The summed E-state index contributed by atoms with van der Waals surface area (Å²) in [5.74, 6) is -1.17. The lowest BCUT2D eigenvalue weighted by atomic mass is 10.1. The van der Waals surface area contributed by atoms with E-state index in [9.17, 15) is 9.59 Å². The number of carbonyl (C=O) groups excluding carboxylic acids is 2. The van der Waals surface area contributed by atoms with Gasteiger partial charge in [0.15, 0.2) is 0 Å². The fourth-order valence-electron chi connectivity index (χ4n) is 1.75. The Morgan fingerprint density at radius 3 is 2.36 bits per heavy atom. The van der Waals surface area contributed by atoms with Crippen molar-refractivity contribution in [1.82, 2.24) is 4.98 Å². The van der Waals surface area contributed by atoms with Crippen molar-refractivity contribution in [3.63, 3.8) is 0 Å². The molecule has 2 rings (SSSR count). The SMILES string of the molecule is CC(=O)OC(C(=O)OCc1ccccn1)c1ccccc1.Cl. The third-order valence-corrected chi connectivity index (χ3v) is 2.69. The van der Waals surface area contributed by atoms with Crippen LogP contribution in [0.25, 0.3) is 0 Å². The molecule has 1 unspecified atom stereocenters. The fraction of sp³-hybridized carbons (Fsp3) is 0.188. The topological polar surface area (TPSA) is 65.5 Å². The summed E-state index contributed by atoms with van der Waals surface area (Å²) in [5.41, 5.74) is 1.19. The highest BCUT2D eigenvalue weighted by atomic mass is 35.5. The molecule has 0 spiro atoms. The Kier molecular flexibility index (Phi) is 7.05. The summed E-state index contributed by atoms with van der Waals surface area (Å²) in [6.07, 6.45) is 0.552. The van der Waals surface area contributed by atoms with Gasteiger partial charge in [-0.3, -0.25) is 9.78 Å². The predicted molar refractivity (Wildman–Crippen MR) is 82.2 cm³/mol. The molecule has 0 saturated heterocycles. The zero-order valence-electron chi connectivity index (χ0n) is 12.0. The summed E-state index contributed by atoms with van der Waals surface area (Å²) in [6, 6.07) is 14.1. The van der Waals surface area contributed by atoms with Crippen molar-refractivity contribution in [2.75, 3.05) is 0 Å². The van der Waals surface area contributed by atoms with Crippen LogP contribution >= 0.6 is 12.4 Å². The molecule has 1 heterocycles. The van der Waals surface area contributed by atoms with Crippen molar-refractivity contribution in [3.05, 3.63) is 66.0 Å². The Hall–Kier alpha value is -2.40. The van der Waals surface area contributed by atoms with Crippen molar-refractivity contribution >= 4 is 24.3 Å². The van der Waals surface area contributed by atoms with E-state index >= 15 is 0 Å². The van der Waals surface area contributed by atoms with Crippen molar-refractivity contribution in [2.45, 2.75) is 19.6 Å². The third-order valence-electron chi connectivity index (χ3n) is 2.69. The van der Waals surface area contributed by atoms with Gasteiger partial charge in [0, 0.05) is 18.7 Å². The van der Waals surface area contributed by atoms with Crippen LogP contribution in [0.5, 0.6) is 0 Å². The standard InChI is InChI=1S/C16H15NO4.ClH/c1-12(18)21-15(13-7-3-2-4-8-13)16(19)20-11-14-9-5-6-10-17-14;/h2-10,15H,11H2,1H3;1H. The molecule has 116 valence electrons. The third kappa shape index (κ3) is 5.18. The average Bonchev–Trinajstić information content (AvgIpc) is 2.52. The van der Waals surface area contributed by atoms with Crippen LogP contribution in [-0.4, -0.2) is 16.9 Å². The van der Waals surface area contributed by atoms with Gasteiger partial charge < -0.3 is 9.47 Å². The van der Waals surface area contributed by atoms with Gasteiger partial charge in [-0.15, -0.1) is 12.4 Å². The van der Waals surface area contributed by atoms with E-state index in [1.807, 2.05) is 6.07 Å². The summed E-state index contributed by atoms with van der Waals surface area (Å²) >= 11 is 0. The molecule has 0 bridgehead atoms. The first kappa shape index (κ1) is 17.7. The van der Waals surface area contributed by atoms with Gasteiger partial charge in [0.1, 0.15) is 6.61 Å². The van der Waals surface area contributed by atoms with Gasteiger partial charge in [0.2, 0.25) is 6.10 Å². The summed E-state index contributed by atoms with van der Waals surface area (Å²) in [7, 11) is 0. The second-order valence-electron chi connectivity index (χ2n) is 4.33. The maximum atomic E-state index is 12.1. The number of esters is 2. The molecule has 1 aromatic carbocycles. The average molecular weight is 322 g/mol. The highest BCUT2D eigenvalue weighted by Gasteiger charge is 2.25. The van der Waals surface area contributed by atoms with E-state index in [-0.39, 0.29) is 19.0 Å². The second-order valence-corrected chi connectivity index (χ2v) is 4.33. The molecule has 0 fully saturated rings. The number of rotatable bonds is 5. The first-order valence-corrected chi connectivity index (χ1v) is 6.45. The summed E-state index contributed by atoms with van der Waals surface area (Å²) in [6.45, 7) is 1.28. The normalized spacial score (nSPS) is 11.0. The minimum Gasteiger partial charge on any atom is -0.456 e. The molecule has 0 aliphatic carbocycles. The maximum Gasteiger partial charge on any atom is 0.352 e. The van der Waals surface area contributed by atoms with Crippen molar-refractivity contribution in [2.24, 2.45) is 0 Å². The molecule has 2 aromatic rings. The molecule has 6 heteroatoms. The molecule has 0 aliphatic rings. The Labute approximate surface area is 134 Å². The van der Waals surface area contributed by atoms with Gasteiger partial charge in [-0.25, -0.2) is 4.79 Å². The molecular formula is C16H16ClNO4. The van der Waals surface area contributed by atoms with E-state index in [0.29, 0.717) is 11.3 Å². The minimum absolute atomic E-state index is 0. The van der Waals surface area contributed by atoms with Gasteiger partial charge in [-0.2, -0.15) is 0 Å². The molecule has 22 heavy (non-hydrogen) atoms. The lowest BCUT2D eigenvalue weighted by molar-refractivity contribution is -0.168. The van der Waals surface area contributed by atoms with Crippen LogP contribution in [0, 0.1) is 0 Å². The monoisotopic (exact) mass is 321 g/mol. The van der Waals surface area contributed by atoms with Gasteiger partial charge in [-0.05, 0) is 12.1 Å². The van der Waals surface area contributed by atoms with E-state index in [1.165, 1.54) is 6.92 Å². The highest BCUT2D eigenvalue weighted by molar-refractivity contribution is 5.85. The summed E-state index contributed by atoms with van der Waals surface area (Å²) in [5, 5.41) is 0. The smallest absolute Gasteiger partial charge is 0.352 e. The Bertz CT molecular complexity index is 604. The van der Waals surface area contributed by atoms with Gasteiger partial charge >= 0.3 is 11.9 Å². The van der Waals surface area contributed by atoms with Crippen LogP contribution in [0.3, 0.4) is 0 Å². The van der Waals surface area contributed by atoms with Crippen molar-refractivity contribution < 1.29 is 19.1 Å². The lowest BCUT2D eigenvalue weighted by Gasteiger charge is -2.16. The Balaban J connectivity index is 0.00000242. The number of halogens is 1. The van der Waals surface area contributed by atoms with E-state index in [2.05, 4.69) is 4.98 Å². The molecule has 0 amide bonds. The number of hydrogen-bond acceptors (Lipinski definition) is 5. The number of benzene rings is 1. The van der Waals surface area contributed by atoms with Gasteiger partial charge in [0.05, 0.1) is 5.69 Å². The van der Waals surface area contributed by atoms with E-state index < -0.39 is 18.0 Å². The van der Waals surface area contributed by atoms with Crippen LogP contribution in [0.15, 0.2) is 54.7 Å². The van der Waals surface area contributed by atoms with Crippen molar-refractivity contribution in [3.8, 4) is 0 Å². The molecule has 1 atom stereocenters. The molecule has 0 aliphatic heterocycles. The zero-order valence-corrected chi connectivity index (χ0v) is 12.8. The number of hydrogen-bond donors (Lipinski definition) is 0. The van der Waals surface area contributed by atoms with Crippen LogP contribution in [-0.2, 0) is 25.7 Å². The molecule has 5 nitrogen and oxygen atoms in total. The van der Waals surface area contributed by atoms with Crippen molar-refractivity contribution in [1.29, 1.82) is 0 Å². The van der Waals surface area contributed by atoms with E-state index in [4.69, 9.17) is 9.47 Å². The summed E-state index contributed by atoms with van der Waals surface area (Å²) < 4.78 is 10.2. The molecule has 1 aromatic heterocycles. The summed E-state index contributed by atoms with van der Waals surface area (Å²) in [4.78, 5) is 27.3. The lowest BCUT2D eigenvalue weighted by Crippen LogP contribution is -2.21. The van der Waals surface area contributed by atoms with E-state index in [1.54, 1.807) is 48.7 Å². The van der Waals surface area contributed by atoms with Crippen LogP contribution < -0.4 is 0 Å². The molecule has 0 radical (unpaired) electrons. The first-order valence-electron chi connectivity index (χ1n) is 6.45. The number of nitrogens with zero attached hydrogens (tertiary/aromatic N) is 1. The van der Waals surface area contributed by atoms with Gasteiger partial charge in [0.25, 0.3) is 0 Å². The Morgan fingerprint density at radius 2 is 1.77 bits per heavy atom. The first-order chi connectivity index (χ1) is 10.2. The minimum atomic E-state index is -1.06. The van der Waals surface area contributed by atoms with Crippen LogP contribution in [0.2, 0.25) is 0 Å². The number of ether oxygens (including phenoxy) is 2. The largest absolute Gasteiger partial charge is 0.456 e. The molecular weight excluding hydrogens is 306 g/mol. The predicted octanol–water partition coefficient (Wildman–Crippen LogP) is 2.85. The van der Waals surface area contributed by atoms with Gasteiger partial charge in [-0.1, -0.05) is 36.4 Å². The zero-order chi connectivity index (χ0) is 15.1. The van der Waals surface area contributed by atoms with E-state index in [0.717, 1.165) is 0 Å². The second kappa shape index (κ2) is 8.79. The number of aromatic nitrogens is 1. The molecule has 0 saturated carbocycles. The Morgan fingerprint density at radius 1 is 1.09 bits per heavy atom. The molecule has 0 N–H and O–H groups in total. The fourth-order valence-corrected chi connectivity index (χ4v) is 1.75. The highest BCUT2D eigenvalue weighted by Crippen LogP contribution is 2.19. The quantitative estimate of drug-likeness (QED) is 0.792. The maximum absolute atomic E-state index is 12.1. The number of pyridine rings is 1.